The van der Waals surface area contributed by atoms with Gasteiger partial charge in [-0.25, -0.2) is 13.2 Å². The lowest BCUT2D eigenvalue weighted by Gasteiger charge is -2.32. The second-order valence-electron chi connectivity index (χ2n) is 4.38. The lowest BCUT2D eigenvalue weighted by molar-refractivity contribution is 0.108. The van der Waals surface area contributed by atoms with Crippen LogP contribution in [0.1, 0.15) is 5.56 Å². The van der Waals surface area contributed by atoms with Crippen molar-refractivity contribution in [2.75, 3.05) is 33.3 Å². The Kier molecular flexibility index (Phi) is 4.73. The van der Waals surface area contributed by atoms with E-state index < -0.39 is 16.1 Å². The number of methoxy groups -OCH3 is 1. The van der Waals surface area contributed by atoms with Gasteiger partial charge in [-0.1, -0.05) is 0 Å². The molecule has 1 fully saturated rings. The molecule has 20 heavy (non-hydrogen) atoms. The summed E-state index contributed by atoms with van der Waals surface area (Å²) in [6.45, 7) is 3.11. The highest BCUT2D eigenvalue weighted by Gasteiger charge is 2.31. The number of amides is 1. The Morgan fingerprint density at radius 2 is 1.95 bits per heavy atom. The van der Waals surface area contributed by atoms with Gasteiger partial charge in [-0.2, -0.15) is 4.31 Å². The minimum absolute atomic E-state index is 0.284. The van der Waals surface area contributed by atoms with E-state index in [-0.39, 0.29) is 13.1 Å². The van der Waals surface area contributed by atoms with E-state index in [0.717, 1.165) is 9.35 Å². The lowest BCUT2D eigenvalue weighted by Crippen LogP contribution is -2.50. The molecule has 1 aliphatic heterocycles. The molecule has 0 unspecified atom stereocenters. The smallest absolute Gasteiger partial charge is 0.409 e. The summed E-state index contributed by atoms with van der Waals surface area (Å²) in [4.78, 5) is 12.9. The van der Waals surface area contributed by atoms with Crippen molar-refractivity contribution >= 4 is 43.4 Å². The first-order valence-corrected chi connectivity index (χ1v) is 9.00. The third kappa shape index (κ3) is 3.00. The maximum Gasteiger partial charge on any atom is 0.409 e. The number of carbonyl (C=O) groups is 1. The fourth-order valence-corrected chi connectivity index (χ4v) is 5.73. The van der Waals surface area contributed by atoms with Gasteiger partial charge in [-0.05, 0) is 34.5 Å². The minimum Gasteiger partial charge on any atom is -0.453 e. The molecule has 1 saturated heterocycles. The largest absolute Gasteiger partial charge is 0.453 e. The predicted molar refractivity (Wildman–Crippen MR) is 79.5 cm³/mol. The molecule has 1 aromatic rings. The molecule has 6 nitrogen and oxygen atoms in total. The number of sulfonamides is 1. The van der Waals surface area contributed by atoms with Crippen LogP contribution in [-0.2, 0) is 14.8 Å². The Morgan fingerprint density at radius 3 is 2.40 bits per heavy atom. The van der Waals surface area contributed by atoms with E-state index in [0.29, 0.717) is 17.3 Å². The van der Waals surface area contributed by atoms with Gasteiger partial charge in [0.15, 0.2) is 0 Å². The molecule has 0 radical (unpaired) electrons. The van der Waals surface area contributed by atoms with Crippen molar-refractivity contribution in [1.29, 1.82) is 0 Å². The molecule has 1 amide bonds. The average Bonchev–Trinajstić information content (AvgIpc) is 2.78. The molecule has 0 saturated carbocycles. The van der Waals surface area contributed by atoms with Gasteiger partial charge in [0.1, 0.15) is 4.21 Å². The van der Waals surface area contributed by atoms with E-state index in [4.69, 9.17) is 0 Å². The molecular formula is C11H15BrN2O4S2. The Morgan fingerprint density at radius 1 is 1.35 bits per heavy atom. The average molecular weight is 383 g/mol. The van der Waals surface area contributed by atoms with Crippen LogP contribution in [0.3, 0.4) is 0 Å². The van der Waals surface area contributed by atoms with Crippen molar-refractivity contribution in [2.45, 2.75) is 11.1 Å². The SMILES string of the molecule is COC(=O)N1CCN(S(=O)(=O)c2cc(C)c(Br)s2)CC1. The van der Waals surface area contributed by atoms with Gasteiger partial charge in [-0.15, -0.1) is 11.3 Å². The predicted octanol–water partition coefficient (Wildman–Crippen LogP) is 1.89. The van der Waals surface area contributed by atoms with Gasteiger partial charge < -0.3 is 9.64 Å². The highest BCUT2D eigenvalue weighted by atomic mass is 79.9. The molecule has 0 spiro atoms. The van der Waals surface area contributed by atoms with E-state index >= 15 is 0 Å². The summed E-state index contributed by atoms with van der Waals surface area (Å²) in [6, 6.07) is 1.66. The zero-order valence-electron chi connectivity index (χ0n) is 11.1. The Hall–Kier alpha value is -0.640. The maximum atomic E-state index is 12.5. The summed E-state index contributed by atoms with van der Waals surface area (Å²) < 4.78 is 32.1. The van der Waals surface area contributed by atoms with Crippen LogP contribution >= 0.6 is 27.3 Å². The van der Waals surface area contributed by atoms with E-state index in [2.05, 4.69) is 20.7 Å². The second kappa shape index (κ2) is 6.00. The van der Waals surface area contributed by atoms with Gasteiger partial charge in [0, 0.05) is 26.2 Å². The lowest BCUT2D eigenvalue weighted by atomic mass is 10.4. The van der Waals surface area contributed by atoms with Crippen LogP contribution < -0.4 is 0 Å². The molecule has 9 heteroatoms. The Labute approximate surface area is 130 Å². The van der Waals surface area contributed by atoms with Gasteiger partial charge in [-0.3, -0.25) is 0 Å². The summed E-state index contributed by atoms with van der Waals surface area (Å²) >= 11 is 4.54. The van der Waals surface area contributed by atoms with Crippen molar-refractivity contribution in [3.05, 3.63) is 15.4 Å². The summed E-state index contributed by atoms with van der Waals surface area (Å²) in [5, 5.41) is 0. The van der Waals surface area contributed by atoms with Crippen LogP contribution in [0, 0.1) is 6.92 Å². The van der Waals surface area contributed by atoms with Crippen LogP contribution in [0.5, 0.6) is 0 Å². The quantitative estimate of drug-likeness (QED) is 0.783. The zero-order valence-corrected chi connectivity index (χ0v) is 14.3. The number of carbonyl (C=O) groups excluding carboxylic acids is 1. The molecule has 0 atom stereocenters. The monoisotopic (exact) mass is 382 g/mol. The Balaban J connectivity index is 2.11. The minimum atomic E-state index is -3.48. The standard InChI is InChI=1S/C11H15BrN2O4S2/c1-8-7-9(19-10(8)12)20(16,17)14-5-3-13(4-6-14)11(15)18-2/h7H,3-6H2,1-2H3. The first-order valence-electron chi connectivity index (χ1n) is 5.95. The number of hydrogen-bond acceptors (Lipinski definition) is 5. The second-order valence-corrected chi connectivity index (χ2v) is 8.92. The number of aryl methyl sites for hydroxylation is 1. The van der Waals surface area contributed by atoms with Crippen LogP contribution in [0.2, 0.25) is 0 Å². The number of thiophene rings is 1. The molecule has 0 aromatic carbocycles. The fraction of sp³-hybridized carbons (Fsp3) is 0.545. The van der Waals surface area contributed by atoms with Crippen molar-refractivity contribution < 1.29 is 17.9 Å². The summed E-state index contributed by atoms with van der Waals surface area (Å²) in [5.74, 6) is 0. The van der Waals surface area contributed by atoms with Crippen molar-refractivity contribution in [3.63, 3.8) is 0 Å². The maximum absolute atomic E-state index is 12.5. The molecule has 0 aliphatic carbocycles. The molecule has 2 heterocycles. The van der Waals surface area contributed by atoms with Crippen LogP contribution in [-0.4, -0.2) is 57.0 Å². The molecule has 112 valence electrons. The van der Waals surface area contributed by atoms with Crippen molar-refractivity contribution in [2.24, 2.45) is 0 Å². The summed E-state index contributed by atoms with van der Waals surface area (Å²) in [6.07, 6.45) is -0.420. The molecule has 0 bridgehead atoms. The number of rotatable bonds is 2. The third-order valence-electron chi connectivity index (χ3n) is 3.10. The number of hydrogen-bond donors (Lipinski definition) is 0. The van der Waals surface area contributed by atoms with E-state index in [1.54, 1.807) is 6.07 Å². The highest BCUT2D eigenvalue weighted by molar-refractivity contribution is 9.11. The molecule has 1 aromatic heterocycles. The van der Waals surface area contributed by atoms with Gasteiger partial charge in [0.05, 0.1) is 10.9 Å². The topological polar surface area (TPSA) is 66.9 Å². The zero-order chi connectivity index (χ0) is 14.9. The van der Waals surface area contributed by atoms with Crippen molar-refractivity contribution in [1.82, 2.24) is 9.21 Å². The van der Waals surface area contributed by atoms with Crippen molar-refractivity contribution in [3.8, 4) is 0 Å². The van der Waals surface area contributed by atoms with E-state index in [1.165, 1.54) is 27.7 Å². The van der Waals surface area contributed by atoms with Crippen LogP contribution in [0.25, 0.3) is 0 Å². The summed E-state index contributed by atoms with van der Waals surface area (Å²) in [5.41, 5.74) is 0.904. The van der Waals surface area contributed by atoms with Gasteiger partial charge in [0.2, 0.25) is 0 Å². The molecule has 1 aliphatic rings. The first kappa shape index (κ1) is 15.7. The number of ether oxygens (including phenoxy) is 1. The molecular weight excluding hydrogens is 368 g/mol. The highest BCUT2D eigenvalue weighted by Crippen LogP contribution is 2.32. The summed E-state index contributed by atoms with van der Waals surface area (Å²) in [7, 11) is -2.16. The number of nitrogens with zero attached hydrogens (tertiary/aromatic N) is 2. The van der Waals surface area contributed by atoms with Crippen LogP contribution in [0.15, 0.2) is 14.1 Å². The third-order valence-corrected chi connectivity index (χ3v) is 7.58. The first-order chi connectivity index (χ1) is 9.36. The molecule has 2 rings (SSSR count). The van der Waals surface area contributed by atoms with E-state index in [1.807, 2.05) is 6.92 Å². The number of halogens is 1. The van der Waals surface area contributed by atoms with Gasteiger partial charge >= 0.3 is 6.09 Å². The van der Waals surface area contributed by atoms with Gasteiger partial charge in [0.25, 0.3) is 10.0 Å². The Bertz CT molecular complexity index is 586. The fourth-order valence-electron chi connectivity index (χ4n) is 1.93. The number of piperazine rings is 1. The van der Waals surface area contributed by atoms with E-state index in [9.17, 15) is 13.2 Å². The molecule has 0 N–H and O–H groups in total. The van der Waals surface area contributed by atoms with Crippen LogP contribution in [0.4, 0.5) is 4.79 Å². The normalized spacial score (nSPS) is 17.2.